The summed E-state index contributed by atoms with van der Waals surface area (Å²) in [5.41, 5.74) is 2.54. The van der Waals surface area contributed by atoms with Crippen LogP contribution in [-0.2, 0) is 16.1 Å². The lowest BCUT2D eigenvalue weighted by Crippen LogP contribution is -2.28. The minimum Gasteiger partial charge on any atom is -0.380 e. The Kier molecular flexibility index (Phi) is 6.02. The molecule has 0 saturated carbocycles. The Balaban J connectivity index is 2.02. The minimum atomic E-state index is 0.209. The first-order valence-corrected chi connectivity index (χ1v) is 7.61. The third kappa shape index (κ3) is 4.05. The monoisotopic (exact) mass is 277 g/mol. The van der Waals surface area contributed by atoms with Crippen LogP contribution in [0.25, 0.3) is 0 Å². The third-order valence-electron chi connectivity index (χ3n) is 3.83. The molecule has 1 aromatic carbocycles. The van der Waals surface area contributed by atoms with E-state index in [9.17, 15) is 0 Å². The van der Waals surface area contributed by atoms with Gasteiger partial charge in [0.25, 0.3) is 0 Å². The van der Waals surface area contributed by atoms with Crippen LogP contribution in [0.1, 0.15) is 37.5 Å². The van der Waals surface area contributed by atoms with E-state index < -0.39 is 0 Å². The molecule has 2 rings (SSSR count). The zero-order valence-corrected chi connectivity index (χ0v) is 12.9. The van der Waals surface area contributed by atoms with Crippen LogP contribution in [0.3, 0.4) is 0 Å². The summed E-state index contributed by atoms with van der Waals surface area (Å²) in [7, 11) is 1.74. The smallest absolute Gasteiger partial charge is 0.0869 e. The van der Waals surface area contributed by atoms with Gasteiger partial charge in [0.2, 0.25) is 0 Å². The first-order chi connectivity index (χ1) is 9.72. The summed E-state index contributed by atoms with van der Waals surface area (Å²) < 4.78 is 11.3. The highest BCUT2D eigenvalue weighted by molar-refractivity contribution is 5.29. The molecule has 0 amide bonds. The highest BCUT2D eigenvalue weighted by atomic mass is 16.5. The van der Waals surface area contributed by atoms with Gasteiger partial charge in [-0.05, 0) is 30.0 Å². The maximum Gasteiger partial charge on any atom is 0.0869 e. The molecule has 2 unspecified atom stereocenters. The number of ether oxygens (including phenoxy) is 2. The quantitative estimate of drug-likeness (QED) is 0.830. The lowest BCUT2D eigenvalue weighted by Gasteiger charge is -2.22. The minimum absolute atomic E-state index is 0.209. The molecule has 0 aliphatic carbocycles. The lowest BCUT2D eigenvalue weighted by molar-refractivity contribution is 0.0872. The van der Waals surface area contributed by atoms with Crippen molar-refractivity contribution in [2.45, 2.75) is 33.0 Å². The van der Waals surface area contributed by atoms with Crippen LogP contribution in [0.5, 0.6) is 0 Å². The molecule has 1 N–H and O–H groups in total. The van der Waals surface area contributed by atoms with Crippen molar-refractivity contribution in [2.24, 2.45) is 11.8 Å². The number of rotatable bonds is 7. The molecule has 0 bridgehead atoms. The molecule has 2 atom stereocenters. The van der Waals surface area contributed by atoms with Crippen molar-refractivity contribution in [3.63, 3.8) is 0 Å². The van der Waals surface area contributed by atoms with Crippen molar-refractivity contribution >= 4 is 0 Å². The zero-order chi connectivity index (χ0) is 14.4. The molecular weight excluding hydrogens is 250 g/mol. The topological polar surface area (TPSA) is 30.5 Å². The fourth-order valence-electron chi connectivity index (χ4n) is 2.84. The Labute approximate surface area is 122 Å². The SMILES string of the molecule is COCc1ccccc1C1OCCC1CNCC(C)C. The molecule has 1 aliphatic heterocycles. The van der Waals surface area contributed by atoms with Crippen LogP contribution in [-0.4, -0.2) is 26.8 Å². The molecule has 3 heteroatoms. The number of nitrogens with one attached hydrogen (secondary N) is 1. The molecule has 0 radical (unpaired) electrons. The Hall–Kier alpha value is -0.900. The summed E-state index contributed by atoms with van der Waals surface area (Å²) in [5, 5.41) is 3.57. The number of benzene rings is 1. The van der Waals surface area contributed by atoms with Crippen molar-refractivity contribution in [2.75, 3.05) is 26.8 Å². The van der Waals surface area contributed by atoms with Gasteiger partial charge in [-0.3, -0.25) is 0 Å². The van der Waals surface area contributed by atoms with E-state index in [1.54, 1.807) is 7.11 Å². The Morgan fingerprint density at radius 3 is 2.90 bits per heavy atom. The van der Waals surface area contributed by atoms with E-state index in [-0.39, 0.29) is 6.10 Å². The Morgan fingerprint density at radius 1 is 1.35 bits per heavy atom. The molecule has 1 aromatic rings. The fourth-order valence-corrected chi connectivity index (χ4v) is 2.84. The van der Waals surface area contributed by atoms with E-state index in [2.05, 4.69) is 43.4 Å². The molecule has 1 saturated heterocycles. The number of methoxy groups -OCH3 is 1. The second-order valence-corrected chi connectivity index (χ2v) is 6.02. The normalized spacial score (nSPS) is 22.6. The standard InChI is InChI=1S/C17H27NO2/c1-13(2)10-18-11-14-8-9-20-17(14)16-7-5-4-6-15(16)12-19-3/h4-7,13-14,17-18H,8-12H2,1-3H3. The van der Waals surface area contributed by atoms with E-state index in [0.717, 1.165) is 26.1 Å². The maximum absolute atomic E-state index is 6.00. The molecule has 1 fully saturated rings. The van der Waals surface area contributed by atoms with E-state index >= 15 is 0 Å². The van der Waals surface area contributed by atoms with Gasteiger partial charge >= 0.3 is 0 Å². The molecule has 1 aliphatic rings. The fraction of sp³-hybridized carbons (Fsp3) is 0.647. The average Bonchev–Trinajstić information content (AvgIpc) is 2.88. The van der Waals surface area contributed by atoms with Crippen LogP contribution in [0, 0.1) is 11.8 Å². The molecule has 3 nitrogen and oxygen atoms in total. The second-order valence-electron chi connectivity index (χ2n) is 6.02. The summed E-state index contributed by atoms with van der Waals surface area (Å²) in [6, 6.07) is 8.48. The van der Waals surface area contributed by atoms with Crippen LogP contribution < -0.4 is 5.32 Å². The van der Waals surface area contributed by atoms with Gasteiger partial charge in [0, 0.05) is 26.2 Å². The van der Waals surface area contributed by atoms with Gasteiger partial charge in [0.05, 0.1) is 12.7 Å². The molecular formula is C17H27NO2. The number of hydrogen-bond donors (Lipinski definition) is 1. The molecule has 1 heterocycles. The third-order valence-corrected chi connectivity index (χ3v) is 3.83. The van der Waals surface area contributed by atoms with E-state index in [0.29, 0.717) is 18.4 Å². The maximum atomic E-state index is 6.00. The highest BCUT2D eigenvalue weighted by Crippen LogP contribution is 2.36. The summed E-state index contributed by atoms with van der Waals surface area (Å²) in [6.07, 6.45) is 1.35. The first kappa shape index (κ1) is 15.5. The van der Waals surface area contributed by atoms with E-state index in [1.165, 1.54) is 11.1 Å². The van der Waals surface area contributed by atoms with Crippen molar-refractivity contribution in [3.05, 3.63) is 35.4 Å². The molecule has 0 aromatic heterocycles. The van der Waals surface area contributed by atoms with E-state index in [4.69, 9.17) is 9.47 Å². The summed E-state index contributed by atoms with van der Waals surface area (Å²) in [5.74, 6) is 1.25. The van der Waals surface area contributed by atoms with Gasteiger partial charge in [-0.1, -0.05) is 38.1 Å². The zero-order valence-electron chi connectivity index (χ0n) is 12.9. The van der Waals surface area contributed by atoms with E-state index in [1.807, 2.05) is 0 Å². The van der Waals surface area contributed by atoms with Crippen LogP contribution in [0.2, 0.25) is 0 Å². The Morgan fingerprint density at radius 2 is 2.15 bits per heavy atom. The summed E-state index contributed by atoms with van der Waals surface area (Å²) >= 11 is 0. The van der Waals surface area contributed by atoms with Crippen molar-refractivity contribution in [1.29, 1.82) is 0 Å². The second kappa shape index (κ2) is 7.77. The molecule has 20 heavy (non-hydrogen) atoms. The van der Waals surface area contributed by atoms with Gasteiger partial charge < -0.3 is 14.8 Å². The lowest BCUT2D eigenvalue weighted by atomic mass is 9.92. The van der Waals surface area contributed by atoms with Crippen molar-refractivity contribution < 1.29 is 9.47 Å². The van der Waals surface area contributed by atoms with Crippen molar-refractivity contribution in [3.8, 4) is 0 Å². The first-order valence-electron chi connectivity index (χ1n) is 7.61. The number of hydrogen-bond acceptors (Lipinski definition) is 3. The van der Waals surface area contributed by atoms with Gasteiger partial charge in [-0.25, -0.2) is 0 Å². The van der Waals surface area contributed by atoms with Gasteiger partial charge in [-0.15, -0.1) is 0 Å². The summed E-state index contributed by atoms with van der Waals surface area (Å²) in [4.78, 5) is 0. The predicted molar refractivity (Wildman–Crippen MR) is 81.7 cm³/mol. The van der Waals surface area contributed by atoms with Crippen LogP contribution >= 0.6 is 0 Å². The van der Waals surface area contributed by atoms with Gasteiger partial charge in [-0.2, -0.15) is 0 Å². The Bertz CT molecular complexity index is 406. The largest absolute Gasteiger partial charge is 0.380 e. The highest BCUT2D eigenvalue weighted by Gasteiger charge is 2.30. The molecule has 112 valence electrons. The average molecular weight is 277 g/mol. The van der Waals surface area contributed by atoms with Crippen LogP contribution in [0.15, 0.2) is 24.3 Å². The van der Waals surface area contributed by atoms with Gasteiger partial charge in [0.1, 0.15) is 0 Å². The van der Waals surface area contributed by atoms with Crippen LogP contribution in [0.4, 0.5) is 0 Å². The summed E-state index contributed by atoms with van der Waals surface area (Å²) in [6.45, 7) is 8.10. The van der Waals surface area contributed by atoms with Crippen molar-refractivity contribution in [1.82, 2.24) is 5.32 Å². The molecule has 0 spiro atoms. The predicted octanol–water partition coefficient (Wildman–Crippen LogP) is 3.16. The van der Waals surface area contributed by atoms with Gasteiger partial charge in [0.15, 0.2) is 0 Å².